The molecule has 0 amide bonds. The number of aromatic hydroxyl groups is 1. The van der Waals surface area contributed by atoms with Gasteiger partial charge in [-0.25, -0.2) is 0 Å². The van der Waals surface area contributed by atoms with Gasteiger partial charge in [0.15, 0.2) is 6.29 Å². The Morgan fingerprint density at radius 1 is 1.38 bits per heavy atom. The average molecular weight is 218 g/mol. The standard InChI is InChI=1S/C13H14O3/c1-13(2,3)11-9-4-5-16-10(9)6-8(7-14)12(11)15/h4-7,15H,1-3H3. The number of phenolic OH excluding ortho intramolecular Hbond substituents is 1. The summed E-state index contributed by atoms with van der Waals surface area (Å²) in [5.41, 5.74) is 1.41. The number of aldehydes is 1. The molecule has 0 aliphatic carbocycles. The molecular weight excluding hydrogens is 204 g/mol. The molecule has 84 valence electrons. The second-order valence-corrected chi connectivity index (χ2v) is 4.89. The van der Waals surface area contributed by atoms with Crippen LogP contribution >= 0.6 is 0 Å². The minimum Gasteiger partial charge on any atom is -0.507 e. The minimum absolute atomic E-state index is 0.0522. The van der Waals surface area contributed by atoms with Crippen molar-refractivity contribution >= 4 is 17.3 Å². The molecule has 0 saturated carbocycles. The molecule has 2 rings (SSSR count). The zero-order valence-electron chi connectivity index (χ0n) is 9.57. The number of carbonyl (C=O) groups excluding carboxylic acids is 1. The van der Waals surface area contributed by atoms with Gasteiger partial charge in [0.05, 0.1) is 11.8 Å². The quantitative estimate of drug-likeness (QED) is 0.747. The number of phenols is 1. The van der Waals surface area contributed by atoms with Gasteiger partial charge in [-0.15, -0.1) is 0 Å². The Balaban J connectivity index is 2.91. The molecular formula is C13H14O3. The van der Waals surface area contributed by atoms with Gasteiger partial charge in [0.25, 0.3) is 0 Å². The predicted molar refractivity (Wildman–Crippen MR) is 62.0 cm³/mol. The van der Waals surface area contributed by atoms with E-state index in [0.717, 1.165) is 10.9 Å². The molecule has 0 aliphatic rings. The normalized spacial score (nSPS) is 11.9. The van der Waals surface area contributed by atoms with E-state index in [4.69, 9.17) is 4.42 Å². The Labute approximate surface area is 93.7 Å². The molecule has 0 radical (unpaired) electrons. The van der Waals surface area contributed by atoms with E-state index in [1.165, 1.54) is 0 Å². The van der Waals surface area contributed by atoms with Crippen LogP contribution in [0.4, 0.5) is 0 Å². The van der Waals surface area contributed by atoms with Crippen LogP contribution < -0.4 is 0 Å². The first-order valence-electron chi connectivity index (χ1n) is 5.14. The lowest BCUT2D eigenvalue weighted by Gasteiger charge is -2.22. The van der Waals surface area contributed by atoms with Crippen molar-refractivity contribution in [3.05, 3.63) is 29.5 Å². The summed E-state index contributed by atoms with van der Waals surface area (Å²) in [6, 6.07) is 3.37. The molecule has 0 saturated heterocycles. The zero-order chi connectivity index (χ0) is 11.9. The molecule has 1 aromatic carbocycles. The second-order valence-electron chi connectivity index (χ2n) is 4.89. The minimum atomic E-state index is -0.245. The first kappa shape index (κ1) is 10.7. The van der Waals surface area contributed by atoms with Crippen LogP contribution in [0.15, 0.2) is 22.8 Å². The van der Waals surface area contributed by atoms with E-state index in [1.807, 2.05) is 26.8 Å². The predicted octanol–water partition coefficient (Wildman–Crippen LogP) is 3.25. The van der Waals surface area contributed by atoms with Crippen molar-refractivity contribution in [3.8, 4) is 5.75 Å². The van der Waals surface area contributed by atoms with Gasteiger partial charge < -0.3 is 9.52 Å². The van der Waals surface area contributed by atoms with Crippen LogP contribution in [0.1, 0.15) is 36.7 Å². The highest BCUT2D eigenvalue weighted by Crippen LogP contribution is 2.39. The lowest BCUT2D eigenvalue weighted by atomic mass is 9.83. The molecule has 2 aromatic rings. The number of fused-ring (bicyclic) bond motifs is 1. The molecule has 3 nitrogen and oxygen atoms in total. The van der Waals surface area contributed by atoms with Crippen molar-refractivity contribution in [1.29, 1.82) is 0 Å². The second kappa shape index (κ2) is 3.37. The highest BCUT2D eigenvalue weighted by Gasteiger charge is 2.24. The molecule has 1 heterocycles. The third-order valence-electron chi connectivity index (χ3n) is 2.64. The molecule has 3 heteroatoms. The molecule has 0 fully saturated rings. The van der Waals surface area contributed by atoms with Gasteiger partial charge in [0.2, 0.25) is 0 Å². The molecule has 0 spiro atoms. The van der Waals surface area contributed by atoms with Crippen molar-refractivity contribution in [2.45, 2.75) is 26.2 Å². The monoisotopic (exact) mass is 218 g/mol. The lowest BCUT2D eigenvalue weighted by Crippen LogP contribution is -2.12. The fraction of sp³-hybridized carbons (Fsp3) is 0.308. The Hall–Kier alpha value is -1.77. The Bertz CT molecular complexity index is 544. The fourth-order valence-electron chi connectivity index (χ4n) is 1.97. The van der Waals surface area contributed by atoms with Crippen LogP contribution in [-0.4, -0.2) is 11.4 Å². The summed E-state index contributed by atoms with van der Waals surface area (Å²) in [5, 5.41) is 10.9. The van der Waals surface area contributed by atoms with Crippen LogP contribution in [0.3, 0.4) is 0 Å². The van der Waals surface area contributed by atoms with Crippen LogP contribution in [0.25, 0.3) is 11.0 Å². The summed E-state index contributed by atoms with van der Waals surface area (Å²) < 4.78 is 5.28. The molecule has 16 heavy (non-hydrogen) atoms. The van der Waals surface area contributed by atoms with Gasteiger partial charge in [-0.05, 0) is 17.5 Å². The highest BCUT2D eigenvalue weighted by atomic mass is 16.3. The summed E-state index contributed by atoms with van der Waals surface area (Å²) >= 11 is 0. The number of benzene rings is 1. The molecule has 1 N–H and O–H groups in total. The summed E-state index contributed by atoms with van der Waals surface area (Å²) in [6.45, 7) is 5.97. The third-order valence-corrected chi connectivity index (χ3v) is 2.64. The largest absolute Gasteiger partial charge is 0.507 e. The molecule has 0 unspecified atom stereocenters. The number of rotatable bonds is 1. The van der Waals surface area contributed by atoms with Gasteiger partial charge in [-0.2, -0.15) is 0 Å². The van der Waals surface area contributed by atoms with E-state index in [-0.39, 0.29) is 16.7 Å². The van der Waals surface area contributed by atoms with E-state index in [0.29, 0.717) is 11.9 Å². The van der Waals surface area contributed by atoms with E-state index in [2.05, 4.69) is 0 Å². The maximum Gasteiger partial charge on any atom is 0.153 e. The first-order chi connectivity index (χ1) is 7.45. The van der Waals surface area contributed by atoms with E-state index in [1.54, 1.807) is 12.3 Å². The highest BCUT2D eigenvalue weighted by molar-refractivity contribution is 5.93. The molecule has 0 aliphatic heterocycles. The maximum absolute atomic E-state index is 10.9. The van der Waals surface area contributed by atoms with Crippen molar-refractivity contribution < 1.29 is 14.3 Å². The van der Waals surface area contributed by atoms with Gasteiger partial charge in [0.1, 0.15) is 11.3 Å². The van der Waals surface area contributed by atoms with Gasteiger partial charge in [0, 0.05) is 10.9 Å². The van der Waals surface area contributed by atoms with Crippen LogP contribution in [0.2, 0.25) is 0 Å². The van der Waals surface area contributed by atoms with Gasteiger partial charge in [-0.3, -0.25) is 4.79 Å². The maximum atomic E-state index is 10.9. The SMILES string of the molecule is CC(C)(C)c1c(O)c(C=O)cc2occc12. The van der Waals surface area contributed by atoms with Crippen molar-refractivity contribution in [2.24, 2.45) is 0 Å². The first-order valence-corrected chi connectivity index (χ1v) is 5.14. The van der Waals surface area contributed by atoms with Crippen molar-refractivity contribution in [2.75, 3.05) is 0 Å². The Kier molecular flexibility index (Phi) is 2.26. The van der Waals surface area contributed by atoms with Gasteiger partial charge >= 0.3 is 0 Å². The van der Waals surface area contributed by atoms with Crippen LogP contribution in [0, 0.1) is 0 Å². The van der Waals surface area contributed by atoms with E-state index in [9.17, 15) is 9.90 Å². The zero-order valence-corrected chi connectivity index (χ0v) is 9.57. The van der Waals surface area contributed by atoms with Gasteiger partial charge in [-0.1, -0.05) is 20.8 Å². The van der Waals surface area contributed by atoms with Crippen LogP contribution in [-0.2, 0) is 5.41 Å². The smallest absolute Gasteiger partial charge is 0.153 e. The number of hydrogen-bond donors (Lipinski definition) is 1. The summed E-state index contributed by atoms with van der Waals surface area (Å²) in [7, 11) is 0. The fourth-order valence-corrected chi connectivity index (χ4v) is 1.97. The third kappa shape index (κ3) is 1.48. The topological polar surface area (TPSA) is 50.4 Å². The molecule has 1 aromatic heterocycles. The Morgan fingerprint density at radius 2 is 2.06 bits per heavy atom. The van der Waals surface area contributed by atoms with Crippen LogP contribution in [0.5, 0.6) is 5.75 Å². The van der Waals surface area contributed by atoms with E-state index < -0.39 is 0 Å². The lowest BCUT2D eigenvalue weighted by molar-refractivity contribution is 0.112. The van der Waals surface area contributed by atoms with Crippen molar-refractivity contribution in [1.82, 2.24) is 0 Å². The summed E-state index contributed by atoms with van der Waals surface area (Å²) in [4.78, 5) is 10.9. The summed E-state index contributed by atoms with van der Waals surface area (Å²) in [6.07, 6.45) is 2.21. The Morgan fingerprint density at radius 3 is 2.62 bits per heavy atom. The molecule has 0 atom stereocenters. The average Bonchev–Trinajstić information content (AvgIpc) is 2.61. The summed E-state index contributed by atoms with van der Waals surface area (Å²) in [5.74, 6) is 0.0522. The van der Waals surface area contributed by atoms with E-state index >= 15 is 0 Å². The number of carbonyl (C=O) groups is 1. The number of furan rings is 1. The number of hydrogen-bond acceptors (Lipinski definition) is 3. The molecule has 0 bridgehead atoms. The van der Waals surface area contributed by atoms with Crippen molar-refractivity contribution in [3.63, 3.8) is 0 Å².